The van der Waals surface area contributed by atoms with Crippen LogP contribution in [0.2, 0.25) is 0 Å². The molecule has 0 aliphatic rings. The largest absolute Gasteiger partial charge is 0.469 e. The normalized spacial score (nSPS) is 10.3. The number of nitrogens with zero attached hydrogens (tertiary/aromatic N) is 1. The molecule has 0 atom stereocenters. The van der Waals surface area contributed by atoms with Gasteiger partial charge in [-0.2, -0.15) is 0 Å². The molecule has 0 bridgehead atoms. The van der Waals surface area contributed by atoms with Gasteiger partial charge in [-0.25, -0.2) is 0 Å². The number of carbonyl (C=O) groups excluding carboxylic acids is 1. The predicted molar refractivity (Wildman–Crippen MR) is 51.4 cm³/mol. The van der Waals surface area contributed by atoms with E-state index in [0.29, 0.717) is 6.42 Å². The molecule has 0 aromatic heterocycles. The molecule has 0 rings (SSSR count). The van der Waals surface area contributed by atoms with Crippen molar-refractivity contribution in [2.45, 2.75) is 12.8 Å². The molecule has 0 amide bonds. The molecule has 0 spiro atoms. The van der Waals surface area contributed by atoms with Crippen molar-refractivity contribution in [1.29, 1.82) is 0 Å². The van der Waals surface area contributed by atoms with Crippen molar-refractivity contribution < 1.29 is 14.0 Å². The fourth-order valence-corrected chi connectivity index (χ4v) is 0.800. The van der Waals surface area contributed by atoms with E-state index in [1.807, 2.05) is 0 Å². The summed E-state index contributed by atoms with van der Waals surface area (Å²) in [5.74, 6) is -0.113. The molecule has 0 aromatic carbocycles. The Kier molecular flexibility index (Phi) is 7.44. The van der Waals surface area contributed by atoms with Crippen LogP contribution in [0, 0.1) is 0 Å². The first-order valence-electron chi connectivity index (χ1n) is 3.83. The molecule has 0 aliphatic heterocycles. The third kappa shape index (κ3) is 9.72. The average molecular weight is 197 g/mol. The van der Waals surface area contributed by atoms with Gasteiger partial charge in [0.05, 0.1) is 41.2 Å². The van der Waals surface area contributed by atoms with Crippen LogP contribution in [0.4, 0.5) is 0 Å². The van der Waals surface area contributed by atoms with Crippen molar-refractivity contribution in [2.75, 3.05) is 34.8 Å². The fraction of sp³-hybridized carbons (Fsp3) is 0.875. The van der Waals surface area contributed by atoms with Crippen LogP contribution in [0.3, 0.4) is 0 Å². The summed E-state index contributed by atoms with van der Waals surface area (Å²) < 4.78 is 5.42. The van der Waals surface area contributed by atoms with Gasteiger partial charge in [0.2, 0.25) is 0 Å². The number of rotatable bonds is 4. The number of quaternary nitrogens is 1. The second-order valence-corrected chi connectivity index (χ2v) is 3.69. The molecule has 0 saturated heterocycles. The lowest BCUT2D eigenvalue weighted by Crippen LogP contribution is -2.35. The Labute approximate surface area is 80.7 Å². The smallest absolute Gasteiger partial charge is 0.305 e. The molecule has 0 radical (unpaired) electrons. The fourth-order valence-electron chi connectivity index (χ4n) is 0.800. The van der Waals surface area contributed by atoms with Crippen molar-refractivity contribution in [3.63, 3.8) is 0 Å². The van der Waals surface area contributed by atoms with E-state index in [-0.39, 0.29) is 18.4 Å². The quantitative estimate of drug-likeness (QED) is 0.497. The van der Waals surface area contributed by atoms with Crippen molar-refractivity contribution in [1.82, 2.24) is 0 Å². The van der Waals surface area contributed by atoms with E-state index in [2.05, 4.69) is 25.9 Å². The van der Waals surface area contributed by atoms with Gasteiger partial charge in [-0.1, -0.05) is 0 Å². The van der Waals surface area contributed by atoms with Crippen LogP contribution in [0.15, 0.2) is 0 Å². The molecule has 0 unspecified atom stereocenters. The van der Waals surface area contributed by atoms with Gasteiger partial charge < -0.3 is 9.22 Å². The number of ether oxygens (including phenoxy) is 1. The Bertz CT molecular complexity index is 132. The zero-order valence-corrected chi connectivity index (χ0v) is 9.11. The average Bonchev–Trinajstić information content (AvgIpc) is 1.85. The standard InChI is InChI=1S/C8H18NO2.ClH/c1-9(2,3)7-5-6-8(10)11-4;/h5-7H2,1-4H3;1H/q+1;. The number of esters is 1. The Balaban J connectivity index is 0. The van der Waals surface area contributed by atoms with Crippen LogP contribution < -0.4 is 0 Å². The minimum atomic E-state index is -0.113. The number of methoxy groups -OCH3 is 1. The number of hydrogen-bond donors (Lipinski definition) is 0. The summed E-state index contributed by atoms with van der Waals surface area (Å²) in [5.41, 5.74) is 0. The van der Waals surface area contributed by atoms with Gasteiger partial charge in [0, 0.05) is 6.42 Å². The number of hydrogen-bond acceptors (Lipinski definition) is 2. The monoisotopic (exact) mass is 196 g/mol. The van der Waals surface area contributed by atoms with Gasteiger partial charge in [0.1, 0.15) is 0 Å². The summed E-state index contributed by atoms with van der Waals surface area (Å²) in [7, 11) is 7.75. The summed E-state index contributed by atoms with van der Waals surface area (Å²) in [6.07, 6.45) is 1.43. The zero-order chi connectivity index (χ0) is 8.91. The van der Waals surface area contributed by atoms with Crippen LogP contribution in [0.1, 0.15) is 12.8 Å². The summed E-state index contributed by atoms with van der Waals surface area (Å²) >= 11 is 0. The highest BCUT2D eigenvalue weighted by molar-refractivity contribution is 5.85. The summed E-state index contributed by atoms with van der Waals surface area (Å²) in [6.45, 7) is 1.01. The van der Waals surface area contributed by atoms with Gasteiger partial charge in [0.25, 0.3) is 0 Å². The highest BCUT2D eigenvalue weighted by Crippen LogP contribution is 1.97. The van der Waals surface area contributed by atoms with E-state index in [0.717, 1.165) is 17.4 Å². The molecular weight excluding hydrogens is 178 g/mol. The highest BCUT2D eigenvalue weighted by Gasteiger charge is 2.08. The van der Waals surface area contributed by atoms with E-state index in [1.165, 1.54) is 7.11 Å². The summed E-state index contributed by atoms with van der Waals surface area (Å²) in [6, 6.07) is 0. The topological polar surface area (TPSA) is 26.3 Å². The van der Waals surface area contributed by atoms with Gasteiger partial charge in [-0.05, 0) is 0 Å². The lowest BCUT2D eigenvalue weighted by atomic mass is 10.3. The predicted octanol–water partition coefficient (Wildman–Crippen LogP) is 1.07. The van der Waals surface area contributed by atoms with Gasteiger partial charge >= 0.3 is 5.97 Å². The number of halogens is 1. The maximum atomic E-state index is 10.7. The molecule has 4 heteroatoms. The Morgan fingerprint density at radius 2 is 1.83 bits per heavy atom. The maximum Gasteiger partial charge on any atom is 0.305 e. The Hall–Kier alpha value is -0.280. The van der Waals surface area contributed by atoms with E-state index in [1.54, 1.807) is 0 Å². The first kappa shape index (κ1) is 14.3. The molecule has 0 aromatic rings. The zero-order valence-electron chi connectivity index (χ0n) is 8.29. The van der Waals surface area contributed by atoms with E-state index in [4.69, 9.17) is 0 Å². The lowest BCUT2D eigenvalue weighted by molar-refractivity contribution is -0.870. The van der Waals surface area contributed by atoms with Gasteiger partial charge in [-0.15, -0.1) is 12.4 Å². The SMILES string of the molecule is COC(=O)CCC[N+](C)(C)C.Cl. The van der Waals surface area contributed by atoms with E-state index in [9.17, 15) is 4.79 Å². The molecular formula is C8H19ClNO2+. The van der Waals surface area contributed by atoms with Crippen molar-refractivity contribution in [3.05, 3.63) is 0 Å². The third-order valence-electron chi connectivity index (χ3n) is 1.44. The molecule has 12 heavy (non-hydrogen) atoms. The summed E-state index contributed by atoms with van der Waals surface area (Å²) in [4.78, 5) is 10.7. The molecule has 3 nitrogen and oxygen atoms in total. The van der Waals surface area contributed by atoms with Gasteiger partial charge in [-0.3, -0.25) is 4.79 Å². The van der Waals surface area contributed by atoms with Crippen LogP contribution in [-0.2, 0) is 9.53 Å². The lowest BCUT2D eigenvalue weighted by Gasteiger charge is -2.23. The maximum absolute atomic E-state index is 10.7. The second-order valence-electron chi connectivity index (χ2n) is 3.69. The minimum absolute atomic E-state index is 0. The Morgan fingerprint density at radius 3 is 2.17 bits per heavy atom. The van der Waals surface area contributed by atoms with E-state index >= 15 is 0 Å². The molecule has 0 aliphatic carbocycles. The van der Waals surface area contributed by atoms with Gasteiger partial charge in [0.15, 0.2) is 0 Å². The van der Waals surface area contributed by atoms with Crippen LogP contribution in [-0.4, -0.2) is 45.2 Å². The van der Waals surface area contributed by atoms with Crippen LogP contribution >= 0.6 is 12.4 Å². The number of carbonyl (C=O) groups is 1. The first-order valence-corrected chi connectivity index (χ1v) is 3.83. The highest BCUT2D eigenvalue weighted by atomic mass is 35.5. The first-order chi connectivity index (χ1) is 4.95. The minimum Gasteiger partial charge on any atom is -0.469 e. The molecule has 0 fully saturated rings. The second kappa shape index (κ2) is 6.26. The van der Waals surface area contributed by atoms with E-state index < -0.39 is 0 Å². The molecule has 0 heterocycles. The van der Waals surface area contributed by atoms with Crippen LogP contribution in [0.25, 0.3) is 0 Å². The molecule has 0 N–H and O–H groups in total. The van der Waals surface area contributed by atoms with Crippen molar-refractivity contribution in [2.24, 2.45) is 0 Å². The van der Waals surface area contributed by atoms with Crippen LogP contribution in [0.5, 0.6) is 0 Å². The van der Waals surface area contributed by atoms with Crippen molar-refractivity contribution in [3.8, 4) is 0 Å². The summed E-state index contributed by atoms with van der Waals surface area (Å²) in [5, 5.41) is 0. The third-order valence-corrected chi connectivity index (χ3v) is 1.44. The molecule has 0 saturated carbocycles. The van der Waals surface area contributed by atoms with Crippen molar-refractivity contribution >= 4 is 18.4 Å². The molecule has 74 valence electrons. The Morgan fingerprint density at radius 1 is 1.33 bits per heavy atom.